The van der Waals surface area contributed by atoms with E-state index >= 15 is 0 Å². The fourth-order valence-corrected chi connectivity index (χ4v) is 1.51. The molecule has 0 atom stereocenters. The number of thiocarbonyl (C=S) groups is 1. The summed E-state index contributed by atoms with van der Waals surface area (Å²) in [4.78, 5) is 22.7. The van der Waals surface area contributed by atoms with E-state index in [1.807, 2.05) is 0 Å². The summed E-state index contributed by atoms with van der Waals surface area (Å²) in [6.07, 6.45) is 0.517. The highest BCUT2D eigenvalue weighted by Gasteiger charge is 2.05. The summed E-state index contributed by atoms with van der Waals surface area (Å²) in [5, 5.41) is 2.48. The van der Waals surface area contributed by atoms with Crippen LogP contribution in [0, 0.1) is 0 Å². The summed E-state index contributed by atoms with van der Waals surface area (Å²) >= 11 is 4.84. The van der Waals surface area contributed by atoms with Gasteiger partial charge in [-0.2, -0.15) is 0 Å². The minimum Gasteiger partial charge on any atom is -0.497 e. The van der Waals surface area contributed by atoms with Crippen LogP contribution >= 0.6 is 12.2 Å². The number of hydrogen-bond donors (Lipinski definition) is 3. The van der Waals surface area contributed by atoms with Crippen molar-refractivity contribution in [3.05, 3.63) is 29.8 Å². The first kappa shape index (κ1) is 15.9. The number of amides is 2. The van der Waals surface area contributed by atoms with Crippen molar-refractivity contribution in [2.75, 3.05) is 7.11 Å². The van der Waals surface area contributed by atoms with Gasteiger partial charge in [0.15, 0.2) is 5.11 Å². The van der Waals surface area contributed by atoms with Crippen LogP contribution in [0.5, 0.6) is 5.75 Å². The summed E-state index contributed by atoms with van der Waals surface area (Å²) in [7, 11) is 1.58. The number of nitrogens with one attached hydrogen (secondary N) is 3. The Morgan fingerprint density at radius 2 is 1.80 bits per heavy atom. The van der Waals surface area contributed by atoms with E-state index in [9.17, 15) is 9.59 Å². The van der Waals surface area contributed by atoms with Gasteiger partial charge in [-0.1, -0.05) is 19.1 Å². The van der Waals surface area contributed by atoms with Crippen LogP contribution in [-0.2, 0) is 16.0 Å². The van der Waals surface area contributed by atoms with E-state index in [1.165, 1.54) is 0 Å². The normalized spacial score (nSPS) is 9.50. The number of carbonyl (C=O) groups excluding carboxylic acids is 2. The zero-order valence-electron chi connectivity index (χ0n) is 11.4. The minimum absolute atomic E-state index is 0.0694. The Kier molecular flexibility index (Phi) is 6.45. The summed E-state index contributed by atoms with van der Waals surface area (Å²) in [5.41, 5.74) is 5.72. The van der Waals surface area contributed by atoms with Crippen molar-refractivity contribution >= 4 is 29.1 Å². The Bertz CT molecular complexity index is 488. The molecule has 0 bridgehead atoms. The zero-order chi connectivity index (χ0) is 15.0. The number of hydrogen-bond acceptors (Lipinski definition) is 4. The van der Waals surface area contributed by atoms with Crippen molar-refractivity contribution in [3.63, 3.8) is 0 Å². The molecule has 7 heteroatoms. The van der Waals surface area contributed by atoms with Crippen LogP contribution in [0.25, 0.3) is 0 Å². The fraction of sp³-hybridized carbons (Fsp3) is 0.308. The lowest BCUT2D eigenvalue weighted by atomic mass is 10.1. The Morgan fingerprint density at radius 1 is 1.15 bits per heavy atom. The average molecular weight is 295 g/mol. The van der Waals surface area contributed by atoms with Gasteiger partial charge in [0.25, 0.3) is 0 Å². The van der Waals surface area contributed by atoms with Crippen molar-refractivity contribution < 1.29 is 14.3 Å². The van der Waals surface area contributed by atoms with Crippen LogP contribution in [-0.4, -0.2) is 24.0 Å². The fourth-order valence-electron chi connectivity index (χ4n) is 1.35. The average Bonchev–Trinajstić information content (AvgIpc) is 2.45. The molecule has 1 aromatic rings. The molecule has 0 radical (unpaired) electrons. The lowest BCUT2D eigenvalue weighted by molar-refractivity contribution is -0.121. The predicted molar refractivity (Wildman–Crippen MR) is 79.0 cm³/mol. The maximum atomic E-state index is 11.6. The molecule has 1 rings (SSSR count). The molecule has 1 aromatic carbocycles. The van der Waals surface area contributed by atoms with Gasteiger partial charge in [0, 0.05) is 6.42 Å². The third-order valence-corrected chi connectivity index (χ3v) is 2.62. The highest BCUT2D eigenvalue weighted by molar-refractivity contribution is 7.80. The molecule has 20 heavy (non-hydrogen) atoms. The van der Waals surface area contributed by atoms with Crippen LogP contribution in [0.2, 0.25) is 0 Å². The lowest BCUT2D eigenvalue weighted by Gasteiger charge is -2.10. The summed E-state index contributed by atoms with van der Waals surface area (Å²) < 4.78 is 5.03. The van der Waals surface area contributed by atoms with E-state index in [4.69, 9.17) is 17.0 Å². The smallest absolute Gasteiger partial charge is 0.242 e. The van der Waals surface area contributed by atoms with Gasteiger partial charge in [-0.15, -0.1) is 0 Å². The van der Waals surface area contributed by atoms with Gasteiger partial charge in [0.2, 0.25) is 11.8 Å². The molecule has 0 aromatic heterocycles. The predicted octanol–water partition coefficient (Wildman–Crippen LogP) is 0.670. The van der Waals surface area contributed by atoms with E-state index in [0.29, 0.717) is 6.42 Å². The van der Waals surface area contributed by atoms with Crippen LogP contribution in [0.4, 0.5) is 0 Å². The zero-order valence-corrected chi connectivity index (χ0v) is 12.2. The molecule has 0 spiro atoms. The number of hydrazine groups is 1. The molecule has 0 unspecified atom stereocenters. The first-order valence-corrected chi connectivity index (χ1v) is 6.47. The van der Waals surface area contributed by atoms with Crippen molar-refractivity contribution in [2.45, 2.75) is 19.8 Å². The standard InChI is InChI=1S/C13H17N3O3S/c1-3-11(17)14-13(20)16-15-12(18)8-9-4-6-10(19-2)7-5-9/h4-7H,3,8H2,1-2H3,(H,15,18)(H2,14,16,17,20). The molecular formula is C13H17N3O3S. The number of methoxy groups -OCH3 is 1. The van der Waals surface area contributed by atoms with E-state index in [0.717, 1.165) is 11.3 Å². The highest BCUT2D eigenvalue weighted by Crippen LogP contribution is 2.11. The van der Waals surface area contributed by atoms with Crippen LogP contribution in [0.3, 0.4) is 0 Å². The van der Waals surface area contributed by atoms with Gasteiger partial charge in [-0.05, 0) is 29.9 Å². The summed E-state index contributed by atoms with van der Waals surface area (Å²) in [6, 6.07) is 7.16. The third-order valence-electron chi connectivity index (χ3n) is 2.41. The van der Waals surface area contributed by atoms with Crippen molar-refractivity contribution in [1.82, 2.24) is 16.2 Å². The molecule has 2 amide bonds. The van der Waals surface area contributed by atoms with Crippen LogP contribution in [0.1, 0.15) is 18.9 Å². The number of carbonyl (C=O) groups is 2. The molecular weight excluding hydrogens is 278 g/mol. The minimum atomic E-state index is -0.261. The van der Waals surface area contributed by atoms with Crippen LogP contribution in [0.15, 0.2) is 24.3 Å². The van der Waals surface area contributed by atoms with E-state index in [1.54, 1.807) is 38.3 Å². The Labute approximate surface area is 122 Å². The highest BCUT2D eigenvalue weighted by atomic mass is 32.1. The van der Waals surface area contributed by atoms with Crippen molar-refractivity contribution in [2.24, 2.45) is 0 Å². The molecule has 0 heterocycles. The van der Waals surface area contributed by atoms with Gasteiger partial charge in [0.1, 0.15) is 5.75 Å². The topological polar surface area (TPSA) is 79.5 Å². The lowest BCUT2D eigenvalue weighted by Crippen LogP contribution is -2.48. The van der Waals surface area contributed by atoms with E-state index in [2.05, 4.69) is 16.2 Å². The monoisotopic (exact) mass is 295 g/mol. The molecule has 0 aliphatic heterocycles. The SMILES string of the molecule is CCC(=O)NC(=S)NNC(=O)Cc1ccc(OC)cc1. The summed E-state index contributed by atoms with van der Waals surface area (Å²) in [5.74, 6) is 0.255. The number of benzene rings is 1. The second-order valence-electron chi connectivity index (χ2n) is 3.93. The second-order valence-corrected chi connectivity index (χ2v) is 4.34. The number of ether oxygens (including phenoxy) is 1. The quantitative estimate of drug-likeness (QED) is 0.562. The summed E-state index contributed by atoms with van der Waals surface area (Å²) in [6.45, 7) is 1.71. The van der Waals surface area contributed by atoms with Crippen molar-refractivity contribution in [3.8, 4) is 5.75 Å². The van der Waals surface area contributed by atoms with E-state index in [-0.39, 0.29) is 23.3 Å². The Hall–Kier alpha value is -2.15. The Morgan fingerprint density at radius 3 is 2.35 bits per heavy atom. The van der Waals surface area contributed by atoms with Crippen LogP contribution < -0.4 is 20.9 Å². The van der Waals surface area contributed by atoms with Gasteiger partial charge >= 0.3 is 0 Å². The van der Waals surface area contributed by atoms with E-state index < -0.39 is 0 Å². The molecule has 0 aliphatic carbocycles. The molecule has 0 fully saturated rings. The molecule has 0 saturated heterocycles. The molecule has 3 N–H and O–H groups in total. The van der Waals surface area contributed by atoms with Gasteiger partial charge in [-0.3, -0.25) is 20.4 Å². The maximum Gasteiger partial charge on any atom is 0.242 e. The largest absolute Gasteiger partial charge is 0.497 e. The molecule has 6 nitrogen and oxygen atoms in total. The van der Waals surface area contributed by atoms with Gasteiger partial charge in [-0.25, -0.2) is 0 Å². The Balaban J connectivity index is 2.36. The molecule has 0 saturated carbocycles. The first-order chi connectivity index (χ1) is 9.55. The molecule has 0 aliphatic rings. The third kappa shape index (κ3) is 5.66. The van der Waals surface area contributed by atoms with Gasteiger partial charge in [0.05, 0.1) is 13.5 Å². The van der Waals surface area contributed by atoms with Crippen molar-refractivity contribution in [1.29, 1.82) is 0 Å². The molecule has 108 valence electrons. The second kappa shape index (κ2) is 8.11. The van der Waals surface area contributed by atoms with Gasteiger partial charge < -0.3 is 10.1 Å². The maximum absolute atomic E-state index is 11.6. The number of rotatable bonds is 4. The first-order valence-electron chi connectivity index (χ1n) is 6.06.